The maximum absolute atomic E-state index is 11.4. The maximum atomic E-state index is 11.4. The monoisotopic (exact) mass is 238 g/mol. The Morgan fingerprint density at radius 2 is 2.00 bits per heavy atom. The molecule has 2 N–H and O–H groups in total. The molecule has 0 aromatic heterocycles. The standard InChI is InChI=1S/C14H10N2O2/c1-9(8-15)14(17)18-12-7-6-10-4-2-3-5-11(10)13(12)16/h2-7H,1,16H2. The summed E-state index contributed by atoms with van der Waals surface area (Å²) in [6.07, 6.45) is 0. The number of nitriles is 1. The Labute approximate surface area is 104 Å². The van der Waals surface area contributed by atoms with Gasteiger partial charge in [0.1, 0.15) is 11.6 Å². The third-order valence-electron chi connectivity index (χ3n) is 2.51. The van der Waals surface area contributed by atoms with E-state index in [1.165, 1.54) is 0 Å². The third-order valence-corrected chi connectivity index (χ3v) is 2.51. The van der Waals surface area contributed by atoms with Crippen molar-refractivity contribution in [3.8, 4) is 11.8 Å². The number of nitrogens with zero attached hydrogens (tertiary/aromatic N) is 1. The smallest absolute Gasteiger partial charge is 0.353 e. The molecule has 0 bridgehead atoms. The summed E-state index contributed by atoms with van der Waals surface area (Å²) in [6.45, 7) is 3.28. The van der Waals surface area contributed by atoms with E-state index >= 15 is 0 Å². The molecule has 0 unspecified atom stereocenters. The Hall–Kier alpha value is -2.80. The summed E-state index contributed by atoms with van der Waals surface area (Å²) in [5.74, 6) is -0.561. The van der Waals surface area contributed by atoms with E-state index in [0.29, 0.717) is 5.69 Å². The number of rotatable bonds is 2. The highest BCUT2D eigenvalue weighted by Crippen LogP contribution is 2.30. The molecular formula is C14H10N2O2. The number of hydrogen-bond donors (Lipinski definition) is 1. The number of carbonyl (C=O) groups is 1. The average Bonchev–Trinajstić information content (AvgIpc) is 2.41. The first-order chi connectivity index (χ1) is 8.63. The molecular weight excluding hydrogens is 228 g/mol. The first kappa shape index (κ1) is 11.7. The van der Waals surface area contributed by atoms with Crippen LogP contribution < -0.4 is 10.5 Å². The topological polar surface area (TPSA) is 76.1 Å². The van der Waals surface area contributed by atoms with Crippen molar-refractivity contribution < 1.29 is 9.53 Å². The van der Waals surface area contributed by atoms with Gasteiger partial charge >= 0.3 is 5.97 Å². The largest absolute Gasteiger partial charge is 0.420 e. The molecule has 2 aromatic carbocycles. The van der Waals surface area contributed by atoms with Gasteiger partial charge in [-0.2, -0.15) is 5.26 Å². The van der Waals surface area contributed by atoms with Crippen LogP contribution in [0.1, 0.15) is 0 Å². The lowest BCUT2D eigenvalue weighted by molar-refractivity contribution is -0.129. The van der Waals surface area contributed by atoms with Gasteiger partial charge in [0.2, 0.25) is 0 Å². The molecule has 0 amide bonds. The lowest BCUT2D eigenvalue weighted by Crippen LogP contribution is -2.10. The van der Waals surface area contributed by atoms with Crippen molar-refractivity contribution in [1.82, 2.24) is 0 Å². The molecule has 88 valence electrons. The fourth-order valence-electron chi connectivity index (χ4n) is 1.57. The van der Waals surface area contributed by atoms with Crippen LogP contribution in [0.15, 0.2) is 48.6 Å². The predicted molar refractivity (Wildman–Crippen MR) is 68.7 cm³/mol. The van der Waals surface area contributed by atoms with Crippen molar-refractivity contribution in [1.29, 1.82) is 5.26 Å². The number of benzene rings is 2. The second-order valence-corrected chi connectivity index (χ2v) is 3.68. The van der Waals surface area contributed by atoms with E-state index in [0.717, 1.165) is 10.8 Å². The van der Waals surface area contributed by atoms with Gasteiger partial charge in [0.05, 0.1) is 5.69 Å². The molecule has 0 aliphatic carbocycles. The van der Waals surface area contributed by atoms with E-state index < -0.39 is 5.97 Å². The highest BCUT2D eigenvalue weighted by Gasteiger charge is 2.12. The second kappa shape index (κ2) is 4.60. The summed E-state index contributed by atoms with van der Waals surface area (Å²) in [6, 6.07) is 12.5. The molecule has 18 heavy (non-hydrogen) atoms. The average molecular weight is 238 g/mol. The second-order valence-electron chi connectivity index (χ2n) is 3.68. The minimum atomic E-state index is -0.792. The number of nitrogens with two attached hydrogens (primary N) is 1. The molecule has 0 spiro atoms. The van der Waals surface area contributed by atoms with E-state index in [1.807, 2.05) is 24.3 Å². The van der Waals surface area contributed by atoms with Gasteiger partial charge in [-0.05, 0) is 11.5 Å². The molecule has 0 aliphatic heterocycles. The van der Waals surface area contributed by atoms with Crippen molar-refractivity contribution in [3.05, 3.63) is 48.6 Å². The van der Waals surface area contributed by atoms with Crippen molar-refractivity contribution in [3.63, 3.8) is 0 Å². The Morgan fingerprint density at radius 3 is 2.72 bits per heavy atom. The lowest BCUT2D eigenvalue weighted by Gasteiger charge is -2.08. The summed E-state index contributed by atoms with van der Waals surface area (Å²) < 4.78 is 5.02. The lowest BCUT2D eigenvalue weighted by atomic mass is 10.1. The van der Waals surface area contributed by atoms with Crippen LogP contribution >= 0.6 is 0 Å². The molecule has 2 aromatic rings. The van der Waals surface area contributed by atoms with Gasteiger partial charge in [0.25, 0.3) is 0 Å². The normalized spacial score (nSPS) is 9.72. The van der Waals surface area contributed by atoms with Crippen molar-refractivity contribution >= 4 is 22.4 Å². The van der Waals surface area contributed by atoms with Crippen molar-refractivity contribution in [2.45, 2.75) is 0 Å². The molecule has 0 aliphatic rings. The SMILES string of the molecule is C=C(C#N)C(=O)Oc1ccc2ccccc2c1N. The van der Waals surface area contributed by atoms with Crippen LogP contribution in [0, 0.1) is 11.3 Å². The third kappa shape index (κ3) is 2.02. The zero-order valence-corrected chi connectivity index (χ0v) is 9.51. The molecule has 0 saturated carbocycles. The summed E-state index contributed by atoms with van der Waals surface area (Å²) in [4.78, 5) is 11.4. The van der Waals surface area contributed by atoms with E-state index in [9.17, 15) is 4.79 Å². The van der Waals surface area contributed by atoms with Gasteiger partial charge in [-0.15, -0.1) is 0 Å². The zero-order valence-electron chi connectivity index (χ0n) is 9.51. The fraction of sp³-hybridized carbons (Fsp3) is 0. The van der Waals surface area contributed by atoms with Crippen LogP contribution in [0.25, 0.3) is 10.8 Å². The minimum Gasteiger partial charge on any atom is -0.420 e. The number of carbonyl (C=O) groups excluding carboxylic acids is 1. The quantitative estimate of drug-likeness (QED) is 0.286. The first-order valence-corrected chi connectivity index (χ1v) is 5.22. The van der Waals surface area contributed by atoms with Crippen LogP contribution in [0.4, 0.5) is 5.69 Å². The van der Waals surface area contributed by atoms with Crippen LogP contribution in [0.5, 0.6) is 5.75 Å². The number of anilines is 1. The van der Waals surface area contributed by atoms with Crippen LogP contribution in [-0.2, 0) is 4.79 Å². The van der Waals surface area contributed by atoms with Crippen molar-refractivity contribution in [2.24, 2.45) is 0 Å². The minimum absolute atomic E-state index is 0.232. The van der Waals surface area contributed by atoms with Crippen LogP contribution in [0.3, 0.4) is 0 Å². The number of esters is 1. The Morgan fingerprint density at radius 1 is 1.28 bits per heavy atom. The molecule has 4 nitrogen and oxygen atoms in total. The highest BCUT2D eigenvalue weighted by molar-refractivity contribution is 5.99. The predicted octanol–water partition coefficient (Wildman–Crippen LogP) is 2.41. The number of ether oxygens (including phenoxy) is 1. The maximum Gasteiger partial charge on any atom is 0.353 e. The molecule has 0 atom stereocenters. The Bertz CT molecular complexity index is 684. The van der Waals surface area contributed by atoms with Crippen molar-refractivity contribution in [2.75, 3.05) is 5.73 Å². The molecule has 0 radical (unpaired) electrons. The molecule has 0 heterocycles. The fourth-order valence-corrected chi connectivity index (χ4v) is 1.57. The Balaban J connectivity index is 2.42. The van der Waals surface area contributed by atoms with E-state index in [4.69, 9.17) is 15.7 Å². The molecule has 4 heteroatoms. The van der Waals surface area contributed by atoms with Gasteiger partial charge in [-0.3, -0.25) is 0 Å². The summed E-state index contributed by atoms with van der Waals surface area (Å²) in [7, 11) is 0. The van der Waals surface area contributed by atoms with Gasteiger partial charge in [0.15, 0.2) is 5.75 Å². The summed E-state index contributed by atoms with van der Waals surface area (Å²) in [5, 5.41) is 10.3. The zero-order chi connectivity index (χ0) is 13.1. The number of nitrogen functional groups attached to an aromatic ring is 1. The Kier molecular flexibility index (Phi) is 2.98. The summed E-state index contributed by atoms with van der Waals surface area (Å²) in [5.41, 5.74) is 6.03. The first-order valence-electron chi connectivity index (χ1n) is 5.22. The van der Waals surface area contributed by atoms with Gasteiger partial charge in [0, 0.05) is 5.39 Å². The van der Waals surface area contributed by atoms with E-state index in [2.05, 4.69) is 6.58 Å². The van der Waals surface area contributed by atoms with Gasteiger partial charge < -0.3 is 10.5 Å². The highest BCUT2D eigenvalue weighted by atomic mass is 16.5. The van der Waals surface area contributed by atoms with Gasteiger partial charge in [-0.25, -0.2) is 4.79 Å². The van der Waals surface area contributed by atoms with Gasteiger partial charge in [-0.1, -0.05) is 36.9 Å². The molecule has 0 saturated heterocycles. The summed E-state index contributed by atoms with van der Waals surface area (Å²) >= 11 is 0. The van der Waals surface area contributed by atoms with Crippen LogP contribution in [-0.4, -0.2) is 5.97 Å². The molecule has 2 rings (SSSR count). The number of fused-ring (bicyclic) bond motifs is 1. The molecule has 0 fully saturated rings. The van der Waals surface area contributed by atoms with Crippen LogP contribution in [0.2, 0.25) is 0 Å². The van der Waals surface area contributed by atoms with E-state index in [-0.39, 0.29) is 11.3 Å². The van der Waals surface area contributed by atoms with E-state index in [1.54, 1.807) is 18.2 Å². The number of hydrogen-bond acceptors (Lipinski definition) is 4.